The largest absolute Gasteiger partial charge is 0.455 e. The van der Waals surface area contributed by atoms with E-state index in [1.165, 1.54) is 44.1 Å². The van der Waals surface area contributed by atoms with Crippen LogP contribution in [0.4, 0.5) is 0 Å². The molecule has 5 aliphatic rings. The van der Waals surface area contributed by atoms with Gasteiger partial charge in [-0.1, -0.05) is 47.5 Å². The molecule has 1 aliphatic heterocycles. The summed E-state index contributed by atoms with van der Waals surface area (Å²) in [6.07, 6.45) is 10.1. The van der Waals surface area contributed by atoms with E-state index >= 15 is 0 Å². The maximum absolute atomic E-state index is 12.9. The second-order valence-electron chi connectivity index (χ2n) is 12.6. The van der Waals surface area contributed by atoms with Gasteiger partial charge in [0.2, 0.25) is 0 Å². The van der Waals surface area contributed by atoms with Crippen molar-refractivity contribution in [3.63, 3.8) is 0 Å². The Balaban J connectivity index is 1.59. The number of cyclic esters (lactones) is 1. The molecular weight excluding hydrogens is 372 g/mol. The zero-order valence-corrected chi connectivity index (χ0v) is 20.0. The minimum atomic E-state index is -0.452. The van der Waals surface area contributed by atoms with Crippen molar-refractivity contribution < 1.29 is 14.6 Å². The van der Waals surface area contributed by atoms with Crippen molar-refractivity contribution in [1.82, 2.24) is 0 Å². The van der Waals surface area contributed by atoms with Crippen LogP contribution < -0.4 is 0 Å². The molecule has 0 bridgehead atoms. The Labute approximate surface area is 183 Å². The molecule has 3 heteroatoms. The Morgan fingerprint density at radius 1 is 1.00 bits per heavy atom. The molecule has 0 spiro atoms. The zero-order valence-electron chi connectivity index (χ0n) is 20.0. The van der Waals surface area contributed by atoms with Gasteiger partial charge in [0, 0.05) is 11.0 Å². The molecule has 168 valence electrons. The number of hydrogen-bond acceptors (Lipinski definition) is 3. The Morgan fingerprint density at radius 3 is 2.40 bits per heavy atom. The third kappa shape index (κ3) is 2.34. The fourth-order valence-electron chi connectivity index (χ4n) is 10.0. The SMILES string of the molecule is CC[C@@]1(C)CCC[C@]2(C)[C@H]3C[C@@H](O)[C@]4(C)C5=C(CC[C@H]4[C@]3(C)CC[C@@H]12)[C@H](C)OC5=O. The molecule has 1 N–H and O–H groups in total. The lowest BCUT2D eigenvalue weighted by Gasteiger charge is -2.70. The van der Waals surface area contributed by atoms with Gasteiger partial charge in [-0.05, 0) is 91.4 Å². The van der Waals surface area contributed by atoms with Crippen molar-refractivity contribution in [1.29, 1.82) is 0 Å². The van der Waals surface area contributed by atoms with Crippen LogP contribution >= 0.6 is 0 Å². The summed E-state index contributed by atoms with van der Waals surface area (Å²) in [5.41, 5.74) is 2.51. The Kier molecular flexibility index (Phi) is 4.46. The van der Waals surface area contributed by atoms with E-state index in [1.807, 2.05) is 6.92 Å². The van der Waals surface area contributed by atoms with Crippen LogP contribution in [0.2, 0.25) is 0 Å². The first-order chi connectivity index (χ1) is 14.0. The smallest absolute Gasteiger partial charge is 0.335 e. The predicted octanol–water partition coefficient (Wildman–Crippen LogP) is 6.05. The van der Waals surface area contributed by atoms with Gasteiger partial charge in [-0.2, -0.15) is 0 Å². The lowest BCUT2D eigenvalue weighted by Crippen LogP contribution is -2.65. The molecule has 0 unspecified atom stereocenters. The number of carbonyl (C=O) groups excluding carboxylic acids is 1. The Morgan fingerprint density at radius 2 is 1.70 bits per heavy atom. The monoisotopic (exact) mass is 414 g/mol. The second-order valence-corrected chi connectivity index (χ2v) is 12.6. The molecule has 1 heterocycles. The predicted molar refractivity (Wildman–Crippen MR) is 119 cm³/mol. The first-order valence-electron chi connectivity index (χ1n) is 12.6. The fraction of sp³-hybridized carbons (Fsp3) is 0.889. The number of rotatable bonds is 1. The molecular formula is C27H42O3. The minimum absolute atomic E-state index is 0.111. The van der Waals surface area contributed by atoms with Crippen molar-refractivity contribution in [3.8, 4) is 0 Å². The van der Waals surface area contributed by atoms with Gasteiger partial charge in [-0.25, -0.2) is 4.79 Å². The van der Waals surface area contributed by atoms with Crippen LogP contribution in [0.15, 0.2) is 11.1 Å². The number of hydrogen-bond donors (Lipinski definition) is 1. The molecule has 0 aromatic heterocycles. The standard InChI is InChI=1S/C27H42O3/c1-7-24(3)12-8-13-25(4)18(24)11-14-26(5)19-10-9-17-16(2)30-23(29)22(17)27(19,6)21(28)15-20(25)26/h16,18-21,28H,7-15H2,1-6H3/t16-,18-,19-,20+,21+,24-,25-,26-,27+/m0/s1. The number of aliphatic hydroxyl groups is 1. The fourth-order valence-corrected chi connectivity index (χ4v) is 10.0. The summed E-state index contributed by atoms with van der Waals surface area (Å²) < 4.78 is 5.66. The molecule has 5 rings (SSSR count). The Hall–Kier alpha value is -0.830. The van der Waals surface area contributed by atoms with E-state index < -0.39 is 11.5 Å². The first-order valence-corrected chi connectivity index (χ1v) is 12.6. The molecule has 30 heavy (non-hydrogen) atoms. The van der Waals surface area contributed by atoms with Crippen LogP contribution in [-0.2, 0) is 9.53 Å². The van der Waals surface area contributed by atoms with Gasteiger partial charge in [0.15, 0.2) is 0 Å². The number of fused-ring (bicyclic) bond motifs is 6. The number of esters is 1. The number of aliphatic hydroxyl groups excluding tert-OH is 1. The van der Waals surface area contributed by atoms with Gasteiger partial charge in [-0.15, -0.1) is 0 Å². The molecule has 9 atom stereocenters. The summed E-state index contributed by atoms with van der Waals surface area (Å²) in [6, 6.07) is 0. The third-order valence-electron chi connectivity index (χ3n) is 11.7. The third-order valence-corrected chi connectivity index (χ3v) is 11.7. The molecule has 0 aromatic rings. The quantitative estimate of drug-likeness (QED) is 0.531. The molecule has 0 radical (unpaired) electrons. The summed E-state index contributed by atoms with van der Waals surface area (Å²) in [5, 5.41) is 11.7. The van der Waals surface area contributed by atoms with Crippen LogP contribution in [0.5, 0.6) is 0 Å². The lowest BCUT2D eigenvalue weighted by atomic mass is 9.35. The molecule has 3 fully saturated rings. The molecule has 3 saturated carbocycles. The summed E-state index contributed by atoms with van der Waals surface area (Å²) in [7, 11) is 0. The summed E-state index contributed by atoms with van der Waals surface area (Å²) >= 11 is 0. The average molecular weight is 415 g/mol. The number of ether oxygens (including phenoxy) is 1. The molecule has 4 aliphatic carbocycles. The van der Waals surface area contributed by atoms with Crippen molar-refractivity contribution in [2.75, 3.05) is 0 Å². The van der Waals surface area contributed by atoms with E-state index in [0.29, 0.717) is 22.7 Å². The first kappa shape index (κ1) is 21.0. The highest BCUT2D eigenvalue weighted by Gasteiger charge is 2.69. The van der Waals surface area contributed by atoms with Gasteiger partial charge in [0.1, 0.15) is 6.10 Å². The van der Waals surface area contributed by atoms with Crippen molar-refractivity contribution >= 4 is 5.97 Å². The zero-order chi connectivity index (χ0) is 21.7. The average Bonchev–Trinajstić information content (AvgIpc) is 2.98. The highest BCUT2D eigenvalue weighted by atomic mass is 16.5. The van der Waals surface area contributed by atoms with E-state index in [4.69, 9.17) is 4.74 Å². The summed E-state index contributed by atoms with van der Waals surface area (Å²) in [5.74, 6) is 1.51. The van der Waals surface area contributed by atoms with E-state index in [0.717, 1.165) is 30.8 Å². The van der Waals surface area contributed by atoms with Crippen molar-refractivity contribution in [2.45, 2.75) is 112 Å². The van der Waals surface area contributed by atoms with Gasteiger partial charge < -0.3 is 9.84 Å². The van der Waals surface area contributed by atoms with Crippen LogP contribution in [0, 0.1) is 39.4 Å². The van der Waals surface area contributed by atoms with Gasteiger partial charge >= 0.3 is 5.97 Å². The summed E-state index contributed by atoms with van der Waals surface area (Å²) in [4.78, 5) is 12.9. The van der Waals surface area contributed by atoms with E-state index in [1.54, 1.807) is 0 Å². The van der Waals surface area contributed by atoms with Crippen LogP contribution in [0.3, 0.4) is 0 Å². The second kappa shape index (κ2) is 6.36. The molecule has 3 nitrogen and oxygen atoms in total. The Bertz CT molecular complexity index is 800. The molecule has 0 saturated heterocycles. The highest BCUT2D eigenvalue weighted by molar-refractivity contribution is 5.94. The van der Waals surface area contributed by atoms with E-state index in [9.17, 15) is 9.90 Å². The maximum atomic E-state index is 12.9. The van der Waals surface area contributed by atoms with Crippen LogP contribution in [-0.4, -0.2) is 23.3 Å². The normalized spacial score (nSPS) is 55.3. The van der Waals surface area contributed by atoms with Crippen LogP contribution in [0.25, 0.3) is 0 Å². The summed E-state index contributed by atoms with van der Waals surface area (Å²) in [6.45, 7) is 14.2. The van der Waals surface area contributed by atoms with Gasteiger partial charge in [-0.3, -0.25) is 0 Å². The highest BCUT2D eigenvalue weighted by Crippen LogP contribution is 2.73. The van der Waals surface area contributed by atoms with Crippen molar-refractivity contribution in [3.05, 3.63) is 11.1 Å². The maximum Gasteiger partial charge on any atom is 0.335 e. The lowest BCUT2D eigenvalue weighted by molar-refractivity contribution is -0.220. The molecule has 0 amide bonds. The van der Waals surface area contributed by atoms with E-state index in [-0.39, 0.29) is 17.5 Å². The van der Waals surface area contributed by atoms with Gasteiger partial charge in [0.05, 0.1) is 6.10 Å². The van der Waals surface area contributed by atoms with Crippen molar-refractivity contribution in [2.24, 2.45) is 39.4 Å². The van der Waals surface area contributed by atoms with Crippen LogP contribution in [0.1, 0.15) is 99.3 Å². The minimum Gasteiger partial charge on any atom is -0.455 e. The van der Waals surface area contributed by atoms with Gasteiger partial charge in [0.25, 0.3) is 0 Å². The molecule has 0 aromatic carbocycles. The topological polar surface area (TPSA) is 46.5 Å². The number of carbonyl (C=O) groups is 1. The van der Waals surface area contributed by atoms with E-state index in [2.05, 4.69) is 34.6 Å².